The molecule has 0 spiro atoms. The SMILES string of the molecule is CCCCCC(C)N(Cc1ccc(OCC(C)C)cc1)C(Nc1ccc(C)cc1C)=C1C(=O)OC(C)(C)OC1=O. The highest BCUT2D eigenvalue weighted by molar-refractivity contribution is 6.16. The van der Waals surface area contributed by atoms with E-state index in [4.69, 9.17) is 14.2 Å². The van der Waals surface area contributed by atoms with Crippen LogP contribution in [0.4, 0.5) is 5.69 Å². The van der Waals surface area contributed by atoms with Crippen LogP contribution in [-0.2, 0) is 25.6 Å². The molecular weight excluding hydrogens is 504 g/mol. The molecule has 1 atom stereocenters. The molecular formula is C33H46N2O5. The Labute approximate surface area is 239 Å². The molecule has 0 amide bonds. The average molecular weight is 551 g/mol. The van der Waals surface area contributed by atoms with Gasteiger partial charge in [0.1, 0.15) is 11.6 Å². The maximum Gasteiger partial charge on any atom is 0.352 e. The molecule has 0 radical (unpaired) electrons. The fourth-order valence-electron chi connectivity index (χ4n) is 4.66. The van der Waals surface area contributed by atoms with Crippen molar-refractivity contribution in [3.8, 4) is 5.75 Å². The summed E-state index contributed by atoms with van der Waals surface area (Å²) in [6.07, 6.45) is 4.14. The predicted molar refractivity (Wildman–Crippen MR) is 159 cm³/mol. The second kappa shape index (κ2) is 13.7. The minimum Gasteiger partial charge on any atom is -0.493 e. The summed E-state index contributed by atoms with van der Waals surface area (Å²) in [7, 11) is 0. The monoisotopic (exact) mass is 550 g/mol. The van der Waals surface area contributed by atoms with Crippen LogP contribution in [-0.4, -0.2) is 35.3 Å². The van der Waals surface area contributed by atoms with Crippen LogP contribution in [0.15, 0.2) is 53.9 Å². The number of cyclic esters (lactones) is 2. The zero-order chi connectivity index (χ0) is 29.4. The standard InChI is InChI=1S/C33H46N2O5/c1-9-10-11-12-25(6)35(20-26-14-16-27(17-15-26)38-21-22(2)3)30(34-28-18-13-23(4)19-24(28)5)29-31(36)39-33(7,8)40-32(29)37/h13-19,22,25,34H,9-12,20-21H2,1-8H3. The minimum absolute atomic E-state index is 0.0136. The fraction of sp³-hybridized carbons (Fsp3) is 0.515. The lowest BCUT2D eigenvalue weighted by Crippen LogP contribution is -2.45. The number of unbranched alkanes of at least 4 members (excludes halogenated alkanes) is 2. The second-order valence-corrected chi connectivity index (χ2v) is 11.7. The maximum absolute atomic E-state index is 13.3. The third-order valence-electron chi connectivity index (χ3n) is 6.86. The topological polar surface area (TPSA) is 77.1 Å². The van der Waals surface area contributed by atoms with Crippen LogP contribution in [0.5, 0.6) is 5.75 Å². The summed E-state index contributed by atoms with van der Waals surface area (Å²) < 4.78 is 17.0. The first-order chi connectivity index (χ1) is 18.9. The first kappa shape index (κ1) is 31.1. The third kappa shape index (κ3) is 8.51. The summed E-state index contributed by atoms with van der Waals surface area (Å²) in [6, 6.07) is 14.0. The number of benzene rings is 2. The first-order valence-corrected chi connectivity index (χ1v) is 14.4. The van der Waals surface area contributed by atoms with Crippen LogP contribution in [0, 0.1) is 19.8 Å². The van der Waals surface area contributed by atoms with Crippen molar-refractivity contribution in [1.29, 1.82) is 0 Å². The molecule has 1 aliphatic heterocycles. The molecule has 0 aromatic heterocycles. The van der Waals surface area contributed by atoms with Gasteiger partial charge in [-0.3, -0.25) is 0 Å². The van der Waals surface area contributed by atoms with Gasteiger partial charge in [-0.15, -0.1) is 0 Å². The maximum atomic E-state index is 13.3. The van der Waals surface area contributed by atoms with Gasteiger partial charge in [-0.05, 0) is 62.4 Å². The average Bonchev–Trinajstić information content (AvgIpc) is 2.86. The molecule has 1 N–H and O–H groups in total. The van der Waals surface area contributed by atoms with Gasteiger partial charge in [0.25, 0.3) is 5.79 Å². The summed E-state index contributed by atoms with van der Waals surface area (Å²) in [4.78, 5) is 28.8. The molecule has 2 aromatic carbocycles. The van der Waals surface area contributed by atoms with Crippen molar-refractivity contribution in [1.82, 2.24) is 4.90 Å². The van der Waals surface area contributed by atoms with Crippen molar-refractivity contribution in [3.05, 3.63) is 70.5 Å². The van der Waals surface area contributed by atoms with E-state index in [9.17, 15) is 9.59 Å². The Morgan fingerprint density at radius 2 is 1.62 bits per heavy atom. The smallest absolute Gasteiger partial charge is 0.352 e. The summed E-state index contributed by atoms with van der Waals surface area (Å²) >= 11 is 0. The number of rotatable bonds is 13. The molecule has 7 heteroatoms. The van der Waals surface area contributed by atoms with Gasteiger partial charge >= 0.3 is 11.9 Å². The molecule has 1 unspecified atom stereocenters. The largest absolute Gasteiger partial charge is 0.493 e. The lowest BCUT2D eigenvalue weighted by molar-refractivity contribution is -0.222. The number of nitrogens with one attached hydrogen (secondary N) is 1. The van der Waals surface area contributed by atoms with Crippen molar-refractivity contribution >= 4 is 17.6 Å². The van der Waals surface area contributed by atoms with Gasteiger partial charge in [0.2, 0.25) is 0 Å². The van der Waals surface area contributed by atoms with Crippen molar-refractivity contribution in [2.45, 2.75) is 99.4 Å². The van der Waals surface area contributed by atoms with E-state index in [1.165, 1.54) is 0 Å². The van der Waals surface area contributed by atoms with Gasteiger partial charge in [0.05, 0.1) is 6.61 Å². The van der Waals surface area contributed by atoms with Crippen LogP contribution >= 0.6 is 0 Å². The number of ether oxygens (including phenoxy) is 3. The lowest BCUT2D eigenvalue weighted by atomic mass is 10.0. The normalized spacial score (nSPS) is 15.4. The minimum atomic E-state index is -1.33. The molecule has 1 heterocycles. The number of anilines is 1. The number of carbonyl (C=O) groups excluding carboxylic acids is 2. The van der Waals surface area contributed by atoms with Crippen LogP contribution < -0.4 is 10.1 Å². The molecule has 1 aliphatic rings. The van der Waals surface area contributed by atoms with Crippen LogP contribution in [0.3, 0.4) is 0 Å². The van der Waals surface area contributed by atoms with E-state index in [0.29, 0.717) is 24.9 Å². The summed E-state index contributed by atoms with van der Waals surface area (Å²) in [5, 5.41) is 3.45. The Kier molecular flexibility index (Phi) is 10.7. The van der Waals surface area contributed by atoms with Crippen LogP contribution in [0.25, 0.3) is 0 Å². The van der Waals surface area contributed by atoms with E-state index >= 15 is 0 Å². The molecule has 1 fully saturated rings. The Hall–Kier alpha value is -3.48. The molecule has 0 bridgehead atoms. The van der Waals surface area contributed by atoms with E-state index in [-0.39, 0.29) is 11.6 Å². The highest BCUT2D eigenvalue weighted by atomic mass is 16.7. The Morgan fingerprint density at radius 1 is 0.975 bits per heavy atom. The van der Waals surface area contributed by atoms with Gasteiger partial charge in [0.15, 0.2) is 5.57 Å². The van der Waals surface area contributed by atoms with Crippen LogP contribution in [0.1, 0.15) is 83.9 Å². The number of aryl methyl sites for hydroxylation is 2. The number of nitrogens with zero attached hydrogens (tertiary/aromatic N) is 1. The fourth-order valence-corrected chi connectivity index (χ4v) is 4.66. The zero-order valence-corrected chi connectivity index (χ0v) is 25.4. The Bertz CT molecular complexity index is 1180. The first-order valence-electron chi connectivity index (χ1n) is 14.4. The zero-order valence-electron chi connectivity index (χ0n) is 25.4. The lowest BCUT2D eigenvalue weighted by Gasteiger charge is -2.37. The van der Waals surface area contributed by atoms with E-state index in [1.54, 1.807) is 13.8 Å². The van der Waals surface area contributed by atoms with Gasteiger partial charge in [-0.1, -0.05) is 69.9 Å². The highest BCUT2D eigenvalue weighted by Gasteiger charge is 2.42. The van der Waals surface area contributed by atoms with E-state index in [2.05, 4.69) is 44.0 Å². The Balaban J connectivity index is 2.07. The summed E-state index contributed by atoms with van der Waals surface area (Å²) in [6.45, 7) is 16.8. The molecule has 1 saturated heterocycles. The van der Waals surface area contributed by atoms with E-state index in [0.717, 1.165) is 53.8 Å². The summed E-state index contributed by atoms with van der Waals surface area (Å²) in [5.74, 6) is -1.08. The molecule has 40 heavy (non-hydrogen) atoms. The van der Waals surface area contributed by atoms with Gasteiger partial charge in [-0.2, -0.15) is 0 Å². The molecule has 2 aromatic rings. The third-order valence-corrected chi connectivity index (χ3v) is 6.86. The number of carbonyl (C=O) groups is 2. The van der Waals surface area contributed by atoms with Gasteiger partial charge in [-0.25, -0.2) is 9.59 Å². The predicted octanol–water partition coefficient (Wildman–Crippen LogP) is 7.27. The van der Waals surface area contributed by atoms with Crippen molar-refractivity contribution in [2.24, 2.45) is 5.92 Å². The second-order valence-electron chi connectivity index (χ2n) is 11.7. The van der Waals surface area contributed by atoms with Crippen molar-refractivity contribution in [2.75, 3.05) is 11.9 Å². The van der Waals surface area contributed by atoms with Gasteiger partial charge in [0, 0.05) is 32.1 Å². The van der Waals surface area contributed by atoms with Crippen molar-refractivity contribution < 1.29 is 23.8 Å². The van der Waals surface area contributed by atoms with Gasteiger partial charge < -0.3 is 24.4 Å². The molecule has 218 valence electrons. The molecule has 7 nitrogen and oxygen atoms in total. The number of esters is 2. The summed E-state index contributed by atoms with van der Waals surface area (Å²) in [5.41, 5.74) is 3.83. The molecule has 0 saturated carbocycles. The van der Waals surface area contributed by atoms with Crippen LogP contribution in [0.2, 0.25) is 0 Å². The number of hydrogen-bond donors (Lipinski definition) is 1. The highest BCUT2D eigenvalue weighted by Crippen LogP contribution is 2.31. The quantitative estimate of drug-likeness (QED) is 0.122. The van der Waals surface area contributed by atoms with Crippen molar-refractivity contribution in [3.63, 3.8) is 0 Å². The Morgan fingerprint density at radius 3 is 2.20 bits per heavy atom. The molecule has 3 rings (SSSR count). The number of hydrogen-bond acceptors (Lipinski definition) is 7. The molecule has 0 aliphatic carbocycles. The van der Waals surface area contributed by atoms with E-state index < -0.39 is 17.7 Å². The van der Waals surface area contributed by atoms with E-state index in [1.807, 2.05) is 50.2 Å².